The highest BCUT2D eigenvalue weighted by molar-refractivity contribution is 6.29. The summed E-state index contributed by atoms with van der Waals surface area (Å²) in [5, 5.41) is 12.8. The molecule has 0 saturated carbocycles. The van der Waals surface area contributed by atoms with Crippen LogP contribution in [0.5, 0.6) is 5.75 Å². The molecule has 3 aromatic rings. The number of nitrogens with zero attached hydrogens (tertiary/aromatic N) is 4. The van der Waals surface area contributed by atoms with Crippen molar-refractivity contribution in [2.75, 3.05) is 11.9 Å². The molecule has 0 amide bonds. The van der Waals surface area contributed by atoms with Gasteiger partial charge in [-0.3, -0.25) is 0 Å². The molecule has 0 unspecified atom stereocenters. The Balaban J connectivity index is 1.73. The van der Waals surface area contributed by atoms with E-state index in [-0.39, 0.29) is 5.75 Å². The van der Waals surface area contributed by atoms with Gasteiger partial charge in [0.1, 0.15) is 17.2 Å². The van der Waals surface area contributed by atoms with Crippen LogP contribution in [0.1, 0.15) is 5.56 Å². The van der Waals surface area contributed by atoms with Gasteiger partial charge < -0.3 is 10.4 Å². The van der Waals surface area contributed by atoms with Crippen LogP contribution in [0.25, 0.3) is 11.2 Å². The van der Waals surface area contributed by atoms with Crippen LogP contribution in [0, 0.1) is 0 Å². The summed E-state index contributed by atoms with van der Waals surface area (Å²) in [7, 11) is 0. The van der Waals surface area contributed by atoms with Crippen molar-refractivity contribution < 1.29 is 5.11 Å². The summed E-state index contributed by atoms with van der Waals surface area (Å²) in [5.74, 6) is 0.868. The number of aromatic nitrogens is 4. The first-order chi connectivity index (χ1) is 10.2. The first kappa shape index (κ1) is 13.5. The van der Waals surface area contributed by atoms with E-state index in [0.717, 1.165) is 12.0 Å². The number of aromatic hydroxyl groups is 1. The van der Waals surface area contributed by atoms with Crippen molar-refractivity contribution in [1.29, 1.82) is 0 Å². The minimum absolute atomic E-state index is 0.262. The van der Waals surface area contributed by atoms with E-state index in [4.69, 9.17) is 11.6 Å². The molecule has 0 radical (unpaired) electrons. The van der Waals surface area contributed by atoms with Crippen LogP contribution < -0.4 is 5.32 Å². The first-order valence-corrected chi connectivity index (χ1v) is 6.75. The third-order valence-electron chi connectivity index (χ3n) is 2.96. The quantitative estimate of drug-likeness (QED) is 0.770. The average molecular weight is 302 g/mol. The van der Waals surface area contributed by atoms with Gasteiger partial charge in [-0.05, 0) is 24.1 Å². The zero-order valence-corrected chi connectivity index (χ0v) is 11.7. The van der Waals surface area contributed by atoms with E-state index in [9.17, 15) is 5.11 Å². The lowest BCUT2D eigenvalue weighted by Gasteiger charge is -2.07. The maximum atomic E-state index is 9.24. The van der Waals surface area contributed by atoms with E-state index in [1.54, 1.807) is 12.1 Å². The molecule has 7 heteroatoms. The molecule has 1 aromatic carbocycles. The molecule has 0 bridgehead atoms. The van der Waals surface area contributed by atoms with Gasteiger partial charge in [0.2, 0.25) is 0 Å². The molecular weight excluding hydrogens is 290 g/mol. The molecule has 0 fully saturated rings. The smallest absolute Gasteiger partial charge is 0.183 e. The number of anilines is 1. The lowest BCUT2D eigenvalue weighted by Crippen LogP contribution is -2.08. The lowest BCUT2D eigenvalue weighted by molar-refractivity contribution is 0.475. The highest BCUT2D eigenvalue weighted by atomic mass is 35.5. The second-order valence-corrected chi connectivity index (χ2v) is 4.82. The fourth-order valence-electron chi connectivity index (χ4n) is 1.93. The lowest BCUT2D eigenvalue weighted by atomic mass is 10.1. The van der Waals surface area contributed by atoms with Crippen molar-refractivity contribution >= 4 is 28.6 Å². The van der Waals surface area contributed by atoms with Crippen molar-refractivity contribution in [3.8, 4) is 5.75 Å². The van der Waals surface area contributed by atoms with Crippen molar-refractivity contribution in [3.05, 3.63) is 47.5 Å². The van der Waals surface area contributed by atoms with Crippen molar-refractivity contribution in [3.63, 3.8) is 0 Å². The maximum absolute atomic E-state index is 9.24. The number of nitrogens with one attached hydrogen (secondary N) is 1. The molecule has 21 heavy (non-hydrogen) atoms. The molecule has 2 aromatic heterocycles. The Morgan fingerprint density at radius 1 is 1.10 bits per heavy atom. The van der Waals surface area contributed by atoms with E-state index >= 15 is 0 Å². The summed E-state index contributed by atoms with van der Waals surface area (Å²) < 4.78 is 0. The van der Waals surface area contributed by atoms with Gasteiger partial charge in [0.25, 0.3) is 0 Å². The number of fused-ring (bicyclic) bond motifs is 1. The molecule has 0 atom stereocenters. The Kier molecular flexibility index (Phi) is 3.79. The fourth-order valence-corrected chi connectivity index (χ4v) is 2.07. The molecule has 3 rings (SSSR count). The fraction of sp³-hybridized carbons (Fsp3) is 0.143. The van der Waals surface area contributed by atoms with E-state index in [1.165, 1.54) is 12.5 Å². The van der Waals surface area contributed by atoms with Gasteiger partial charge in [-0.15, -0.1) is 0 Å². The second-order valence-electron chi connectivity index (χ2n) is 4.43. The Hall–Kier alpha value is -2.47. The van der Waals surface area contributed by atoms with Gasteiger partial charge in [-0.1, -0.05) is 23.7 Å². The second kappa shape index (κ2) is 5.88. The molecule has 0 spiro atoms. The highest BCUT2D eigenvalue weighted by Crippen LogP contribution is 2.17. The molecular formula is C14H12ClN5O. The van der Waals surface area contributed by atoms with Crippen molar-refractivity contribution in [2.45, 2.75) is 6.42 Å². The van der Waals surface area contributed by atoms with Gasteiger partial charge in [-0.25, -0.2) is 19.9 Å². The van der Waals surface area contributed by atoms with Crippen LogP contribution in [-0.4, -0.2) is 31.6 Å². The van der Waals surface area contributed by atoms with Gasteiger partial charge in [0, 0.05) is 6.54 Å². The number of halogens is 1. The topological polar surface area (TPSA) is 83.8 Å². The zero-order chi connectivity index (χ0) is 14.7. The maximum Gasteiger partial charge on any atom is 0.183 e. The Morgan fingerprint density at radius 3 is 2.71 bits per heavy atom. The largest absolute Gasteiger partial charge is 0.508 e. The summed E-state index contributed by atoms with van der Waals surface area (Å²) in [6.07, 6.45) is 3.69. The highest BCUT2D eigenvalue weighted by Gasteiger charge is 2.06. The predicted octanol–water partition coefficient (Wildman–Crippen LogP) is 2.43. The van der Waals surface area contributed by atoms with Gasteiger partial charge in [0.15, 0.2) is 17.0 Å². The van der Waals surface area contributed by atoms with Crippen LogP contribution in [0.3, 0.4) is 0 Å². The third kappa shape index (κ3) is 3.17. The Bertz CT molecular complexity index is 763. The van der Waals surface area contributed by atoms with E-state index in [2.05, 4.69) is 25.3 Å². The van der Waals surface area contributed by atoms with Crippen molar-refractivity contribution in [1.82, 2.24) is 19.9 Å². The zero-order valence-electron chi connectivity index (χ0n) is 11.0. The third-order valence-corrected chi connectivity index (χ3v) is 3.14. The number of phenols is 1. The van der Waals surface area contributed by atoms with E-state index in [0.29, 0.717) is 28.7 Å². The molecule has 0 saturated heterocycles. The summed E-state index contributed by atoms with van der Waals surface area (Å²) in [6.45, 7) is 0.672. The van der Waals surface area contributed by atoms with Gasteiger partial charge in [0.05, 0.1) is 6.20 Å². The predicted molar refractivity (Wildman–Crippen MR) is 80.4 cm³/mol. The van der Waals surface area contributed by atoms with Gasteiger partial charge >= 0.3 is 0 Å². The molecule has 0 aliphatic carbocycles. The Labute approximate surface area is 125 Å². The molecule has 106 valence electrons. The summed E-state index contributed by atoms with van der Waals surface area (Å²) >= 11 is 5.85. The number of rotatable bonds is 4. The summed E-state index contributed by atoms with van der Waals surface area (Å²) in [4.78, 5) is 16.5. The molecule has 6 nitrogen and oxygen atoms in total. The van der Waals surface area contributed by atoms with Crippen LogP contribution in [0.15, 0.2) is 36.8 Å². The average Bonchev–Trinajstić information content (AvgIpc) is 2.50. The summed E-state index contributed by atoms with van der Waals surface area (Å²) in [6, 6.07) is 7.10. The minimum atomic E-state index is 0.262. The SMILES string of the molecule is Oc1ccc(CCNc2ncnc3ncc(Cl)nc23)cc1. The summed E-state index contributed by atoms with van der Waals surface area (Å²) in [5.41, 5.74) is 2.17. The standard InChI is InChI=1S/C14H12ClN5O/c15-11-7-17-14-12(20-11)13(18-8-19-14)16-6-5-9-1-3-10(21)4-2-9/h1-4,7-8,21H,5-6H2,(H,16,17,18,19). The van der Waals surface area contributed by atoms with Crippen LogP contribution >= 0.6 is 11.6 Å². The molecule has 0 aliphatic heterocycles. The monoisotopic (exact) mass is 301 g/mol. The van der Waals surface area contributed by atoms with Crippen LogP contribution in [0.2, 0.25) is 5.15 Å². The van der Waals surface area contributed by atoms with E-state index < -0.39 is 0 Å². The van der Waals surface area contributed by atoms with E-state index in [1.807, 2.05) is 12.1 Å². The van der Waals surface area contributed by atoms with Crippen LogP contribution in [-0.2, 0) is 6.42 Å². The van der Waals surface area contributed by atoms with Crippen molar-refractivity contribution in [2.24, 2.45) is 0 Å². The number of hydrogen-bond acceptors (Lipinski definition) is 6. The molecule has 0 aliphatic rings. The number of benzene rings is 1. The van der Waals surface area contributed by atoms with Crippen LogP contribution in [0.4, 0.5) is 5.82 Å². The minimum Gasteiger partial charge on any atom is -0.508 e. The first-order valence-electron chi connectivity index (χ1n) is 6.37. The number of hydrogen-bond donors (Lipinski definition) is 2. The van der Waals surface area contributed by atoms with Gasteiger partial charge in [-0.2, -0.15) is 0 Å². The number of phenolic OH excluding ortho intramolecular Hbond substituents is 1. The normalized spacial score (nSPS) is 10.7. The molecule has 2 N–H and O–H groups in total. The molecule has 2 heterocycles. The Morgan fingerprint density at radius 2 is 1.90 bits per heavy atom.